The fourth-order valence-electron chi connectivity index (χ4n) is 4.02. The van der Waals surface area contributed by atoms with Gasteiger partial charge < -0.3 is 10.0 Å². The quantitative estimate of drug-likeness (QED) is 0.797. The normalized spacial score (nSPS) is 22.4. The molecule has 0 saturated carbocycles. The maximum absolute atomic E-state index is 12.8. The summed E-state index contributed by atoms with van der Waals surface area (Å²) in [6.45, 7) is 8.48. The van der Waals surface area contributed by atoms with Crippen molar-refractivity contribution in [2.75, 3.05) is 39.3 Å². The molecule has 0 aromatic rings. The number of carboxylic acids is 1. The average Bonchev–Trinajstić information content (AvgIpc) is 2.87. The van der Waals surface area contributed by atoms with Crippen molar-refractivity contribution in [1.29, 1.82) is 0 Å². The molecule has 6 nitrogen and oxygen atoms in total. The van der Waals surface area contributed by atoms with E-state index in [0.29, 0.717) is 6.04 Å². The van der Waals surface area contributed by atoms with Crippen LogP contribution in [0.1, 0.15) is 52.4 Å². The highest BCUT2D eigenvalue weighted by Crippen LogP contribution is 2.20. The van der Waals surface area contributed by atoms with Crippen molar-refractivity contribution in [2.45, 2.75) is 64.5 Å². The van der Waals surface area contributed by atoms with Gasteiger partial charge in [-0.3, -0.25) is 19.4 Å². The Hall–Kier alpha value is -1.14. The molecular weight excluding hydrogens is 306 g/mol. The van der Waals surface area contributed by atoms with Crippen molar-refractivity contribution >= 4 is 11.9 Å². The molecule has 6 heteroatoms. The van der Waals surface area contributed by atoms with E-state index in [1.165, 1.54) is 12.8 Å². The van der Waals surface area contributed by atoms with E-state index in [2.05, 4.69) is 4.90 Å². The lowest BCUT2D eigenvalue weighted by Crippen LogP contribution is -2.53. The third-order valence-corrected chi connectivity index (χ3v) is 5.58. The Morgan fingerprint density at radius 3 is 2.17 bits per heavy atom. The van der Waals surface area contributed by atoms with Gasteiger partial charge in [-0.25, -0.2) is 0 Å². The van der Waals surface area contributed by atoms with Gasteiger partial charge in [0.15, 0.2) is 0 Å². The molecule has 0 bridgehead atoms. The molecule has 0 radical (unpaired) electrons. The first-order valence-electron chi connectivity index (χ1n) is 9.51. The number of amides is 1. The van der Waals surface area contributed by atoms with Crippen LogP contribution in [0.15, 0.2) is 0 Å². The minimum absolute atomic E-state index is 0.0569. The molecule has 2 fully saturated rings. The van der Waals surface area contributed by atoms with Crippen LogP contribution in [0, 0.1) is 0 Å². The number of likely N-dealkylation sites (N-methyl/N-ethyl adjacent to an activating group) is 1. The number of carbonyl (C=O) groups is 2. The number of aliphatic carboxylic acids is 1. The van der Waals surface area contributed by atoms with Gasteiger partial charge in [0, 0.05) is 32.2 Å². The predicted molar refractivity (Wildman–Crippen MR) is 94.0 cm³/mol. The van der Waals surface area contributed by atoms with Crippen molar-refractivity contribution in [1.82, 2.24) is 14.7 Å². The molecule has 2 aliphatic rings. The maximum atomic E-state index is 12.8. The molecule has 2 heterocycles. The summed E-state index contributed by atoms with van der Waals surface area (Å²) in [5.41, 5.74) is 0. The largest absolute Gasteiger partial charge is 0.480 e. The van der Waals surface area contributed by atoms with Crippen LogP contribution < -0.4 is 0 Å². The zero-order valence-corrected chi connectivity index (χ0v) is 15.2. The van der Waals surface area contributed by atoms with Gasteiger partial charge in [0.2, 0.25) is 5.91 Å². The summed E-state index contributed by atoms with van der Waals surface area (Å²) in [6.07, 6.45) is 6.61. The fraction of sp³-hybridized carbons (Fsp3) is 0.889. The van der Waals surface area contributed by atoms with Crippen LogP contribution in [-0.2, 0) is 9.59 Å². The Morgan fingerprint density at radius 2 is 1.67 bits per heavy atom. The predicted octanol–water partition coefficient (Wildman–Crippen LogP) is 1.65. The number of carboxylic acid groups (broad SMARTS) is 1. The van der Waals surface area contributed by atoms with Crippen molar-refractivity contribution in [3.05, 3.63) is 0 Å². The Bertz CT molecular complexity index is 414. The van der Waals surface area contributed by atoms with Crippen LogP contribution >= 0.6 is 0 Å². The molecule has 24 heavy (non-hydrogen) atoms. The lowest BCUT2D eigenvalue weighted by atomic mass is 10.0. The summed E-state index contributed by atoms with van der Waals surface area (Å²) in [5, 5.41) is 9.02. The Labute approximate surface area is 145 Å². The highest BCUT2D eigenvalue weighted by molar-refractivity contribution is 5.81. The van der Waals surface area contributed by atoms with Gasteiger partial charge in [-0.2, -0.15) is 0 Å². The van der Waals surface area contributed by atoms with E-state index in [0.717, 1.165) is 58.4 Å². The molecule has 1 unspecified atom stereocenters. The number of hydrogen-bond donors (Lipinski definition) is 1. The molecule has 0 aliphatic carbocycles. The molecule has 2 saturated heterocycles. The van der Waals surface area contributed by atoms with Crippen LogP contribution in [0.4, 0.5) is 0 Å². The Kier molecular flexibility index (Phi) is 7.49. The zero-order chi connectivity index (χ0) is 17.5. The van der Waals surface area contributed by atoms with E-state index in [4.69, 9.17) is 5.11 Å². The highest BCUT2D eigenvalue weighted by atomic mass is 16.4. The highest BCUT2D eigenvalue weighted by Gasteiger charge is 2.31. The summed E-state index contributed by atoms with van der Waals surface area (Å²) < 4.78 is 0. The van der Waals surface area contributed by atoms with Crippen LogP contribution in [0.25, 0.3) is 0 Å². The number of rotatable bonds is 6. The first-order valence-corrected chi connectivity index (χ1v) is 9.51. The summed E-state index contributed by atoms with van der Waals surface area (Å²) in [7, 11) is 0. The number of nitrogens with zero attached hydrogens (tertiary/aromatic N) is 3. The molecule has 1 atom stereocenters. The average molecular weight is 339 g/mol. The van der Waals surface area contributed by atoms with Crippen molar-refractivity contribution < 1.29 is 14.7 Å². The number of carbonyl (C=O) groups excluding carboxylic acids is 1. The van der Waals surface area contributed by atoms with Crippen LogP contribution in [0.5, 0.6) is 0 Å². The van der Waals surface area contributed by atoms with Crippen LogP contribution in [-0.4, -0.2) is 83.0 Å². The van der Waals surface area contributed by atoms with Crippen molar-refractivity contribution in [3.63, 3.8) is 0 Å². The summed E-state index contributed by atoms with van der Waals surface area (Å²) in [5.74, 6) is -0.489. The van der Waals surface area contributed by atoms with Gasteiger partial charge in [-0.05, 0) is 39.2 Å². The van der Waals surface area contributed by atoms with Gasteiger partial charge in [0.1, 0.15) is 0 Å². The van der Waals surface area contributed by atoms with E-state index in [9.17, 15) is 9.59 Å². The first kappa shape index (κ1) is 19.2. The number of hydrogen-bond acceptors (Lipinski definition) is 4. The zero-order valence-electron chi connectivity index (χ0n) is 15.2. The van der Waals surface area contributed by atoms with E-state index in [1.807, 2.05) is 23.6 Å². The molecule has 0 spiro atoms. The monoisotopic (exact) mass is 339 g/mol. The molecule has 138 valence electrons. The minimum atomic E-state index is -0.760. The topological polar surface area (TPSA) is 64.1 Å². The molecule has 0 aromatic heterocycles. The molecule has 1 amide bonds. The number of piperidine rings is 1. The lowest BCUT2D eigenvalue weighted by Gasteiger charge is -2.40. The maximum Gasteiger partial charge on any atom is 0.317 e. The van der Waals surface area contributed by atoms with Crippen molar-refractivity contribution in [2.24, 2.45) is 0 Å². The lowest BCUT2D eigenvalue weighted by molar-refractivity contribution is -0.139. The second-order valence-electron chi connectivity index (χ2n) is 7.14. The van der Waals surface area contributed by atoms with Gasteiger partial charge >= 0.3 is 5.97 Å². The Morgan fingerprint density at radius 1 is 1.08 bits per heavy atom. The standard InChI is InChI=1S/C18H33N3O3/c1-3-19(14-17(22)23)16-8-12-20(13-9-16)15(2)18(24)21-10-6-4-5-7-11-21/h15-16H,3-14H2,1-2H3,(H,22,23). The SMILES string of the molecule is CCN(CC(=O)O)C1CCN(C(C)C(=O)N2CCCCCC2)CC1. The van der Waals surface area contributed by atoms with Crippen LogP contribution in [0.2, 0.25) is 0 Å². The minimum Gasteiger partial charge on any atom is -0.480 e. The van der Waals surface area contributed by atoms with Gasteiger partial charge in [0.25, 0.3) is 0 Å². The molecule has 2 aliphatic heterocycles. The molecule has 2 rings (SSSR count). The van der Waals surface area contributed by atoms with E-state index in [1.54, 1.807) is 0 Å². The van der Waals surface area contributed by atoms with Crippen LogP contribution in [0.3, 0.4) is 0 Å². The van der Waals surface area contributed by atoms with Crippen molar-refractivity contribution in [3.8, 4) is 0 Å². The first-order chi connectivity index (χ1) is 11.5. The Balaban J connectivity index is 1.84. The summed E-state index contributed by atoms with van der Waals surface area (Å²) in [6, 6.07) is 0.265. The van der Waals surface area contributed by atoms with Gasteiger partial charge in [-0.15, -0.1) is 0 Å². The summed E-state index contributed by atoms with van der Waals surface area (Å²) >= 11 is 0. The van der Waals surface area contributed by atoms with E-state index in [-0.39, 0.29) is 18.5 Å². The molecule has 0 aromatic carbocycles. The van der Waals surface area contributed by atoms with E-state index < -0.39 is 5.97 Å². The smallest absolute Gasteiger partial charge is 0.317 e. The van der Waals surface area contributed by atoms with Gasteiger partial charge in [-0.1, -0.05) is 19.8 Å². The third-order valence-electron chi connectivity index (χ3n) is 5.58. The van der Waals surface area contributed by atoms with E-state index >= 15 is 0 Å². The molecular formula is C18H33N3O3. The fourth-order valence-corrected chi connectivity index (χ4v) is 4.02. The second-order valence-corrected chi connectivity index (χ2v) is 7.14. The number of likely N-dealkylation sites (tertiary alicyclic amines) is 2. The summed E-state index contributed by atoms with van der Waals surface area (Å²) in [4.78, 5) is 30.1. The molecule has 1 N–H and O–H groups in total. The second kappa shape index (κ2) is 9.37. The van der Waals surface area contributed by atoms with Gasteiger partial charge in [0.05, 0.1) is 12.6 Å². The third kappa shape index (κ3) is 5.18.